The van der Waals surface area contributed by atoms with E-state index in [2.05, 4.69) is 26.1 Å². The van der Waals surface area contributed by atoms with Crippen LogP contribution in [-0.2, 0) is 11.4 Å². The first kappa shape index (κ1) is 23.4. The molecule has 4 rings (SSSR count). The van der Waals surface area contributed by atoms with E-state index in [0.29, 0.717) is 21.5 Å². The third kappa shape index (κ3) is 6.18. The van der Waals surface area contributed by atoms with Crippen LogP contribution in [0.25, 0.3) is 5.69 Å². The Balaban J connectivity index is 1.25. The van der Waals surface area contributed by atoms with Crippen molar-refractivity contribution in [1.82, 2.24) is 25.6 Å². The molecule has 0 spiro atoms. The van der Waals surface area contributed by atoms with Gasteiger partial charge < -0.3 is 4.74 Å². The summed E-state index contributed by atoms with van der Waals surface area (Å²) in [5.74, 6) is -0.0732. The molecule has 1 heterocycles. The van der Waals surface area contributed by atoms with Gasteiger partial charge in [-0.05, 0) is 64.5 Å². The zero-order valence-electron chi connectivity index (χ0n) is 17.6. The number of thioether (sulfide) groups is 1. The highest BCUT2D eigenvalue weighted by molar-refractivity contribution is 7.99. The molecule has 4 aromatic rings. The van der Waals surface area contributed by atoms with Gasteiger partial charge in [-0.15, -0.1) is 5.10 Å². The third-order valence-corrected chi connectivity index (χ3v) is 5.78. The Kier molecular flexibility index (Phi) is 7.84. The maximum atomic E-state index is 13.8. The lowest BCUT2D eigenvalue weighted by molar-refractivity contribution is -0.118. The van der Waals surface area contributed by atoms with Crippen LogP contribution in [-0.4, -0.2) is 38.1 Å². The number of hydrazone groups is 1. The van der Waals surface area contributed by atoms with Crippen LogP contribution in [0.4, 0.5) is 4.39 Å². The van der Waals surface area contributed by atoms with E-state index in [1.54, 1.807) is 41.1 Å². The normalized spacial score (nSPS) is 11.0. The Morgan fingerprint density at radius 3 is 2.68 bits per heavy atom. The fraction of sp³-hybridized carbons (Fsp3) is 0.0870. The van der Waals surface area contributed by atoms with E-state index in [-0.39, 0.29) is 18.3 Å². The first-order valence-electron chi connectivity index (χ1n) is 10.0. The first-order chi connectivity index (χ1) is 16.6. The van der Waals surface area contributed by atoms with Crippen LogP contribution in [0.5, 0.6) is 5.75 Å². The zero-order valence-corrected chi connectivity index (χ0v) is 19.2. The Bertz CT molecular complexity index is 1260. The van der Waals surface area contributed by atoms with Gasteiger partial charge in [0, 0.05) is 5.56 Å². The maximum Gasteiger partial charge on any atom is 0.250 e. The molecule has 3 aromatic carbocycles. The number of hydrogen-bond donors (Lipinski definition) is 1. The van der Waals surface area contributed by atoms with Crippen molar-refractivity contribution in [2.45, 2.75) is 11.8 Å². The van der Waals surface area contributed by atoms with Crippen LogP contribution in [0.15, 0.2) is 83.1 Å². The summed E-state index contributed by atoms with van der Waals surface area (Å²) >= 11 is 7.21. The Morgan fingerprint density at radius 1 is 1.12 bits per heavy atom. The van der Waals surface area contributed by atoms with Gasteiger partial charge >= 0.3 is 0 Å². The number of carbonyl (C=O) groups is 1. The van der Waals surface area contributed by atoms with Gasteiger partial charge in [0.05, 0.1) is 22.7 Å². The molecule has 34 heavy (non-hydrogen) atoms. The van der Waals surface area contributed by atoms with Crippen LogP contribution >= 0.6 is 23.4 Å². The van der Waals surface area contributed by atoms with Crippen LogP contribution in [0.3, 0.4) is 0 Å². The lowest BCUT2D eigenvalue weighted by Crippen LogP contribution is -2.20. The molecular weight excluding hydrogens is 479 g/mol. The zero-order chi connectivity index (χ0) is 23.8. The van der Waals surface area contributed by atoms with E-state index in [0.717, 1.165) is 11.3 Å². The quantitative estimate of drug-likeness (QED) is 0.211. The molecule has 0 bridgehead atoms. The Labute approximate surface area is 203 Å². The van der Waals surface area contributed by atoms with Crippen molar-refractivity contribution in [1.29, 1.82) is 0 Å². The fourth-order valence-corrected chi connectivity index (χ4v) is 3.72. The molecule has 0 saturated carbocycles. The van der Waals surface area contributed by atoms with Crippen molar-refractivity contribution in [2.75, 3.05) is 5.75 Å². The van der Waals surface area contributed by atoms with E-state index >= 15 is 0 Å². The molecule has 0 saturated heterocycles. The molecule has 8 nitrogen and oxygen atoms in total. The number of nitrogens with zero attached hydrogens (tertiary/aromatic N) is 5. The molecule has 0 fully saturated rings. The highest BCUT2D eigenvalue weighted by Crippen LogP contribution is 2.22. The van der Waals surface area contributed by atoms with Crippen LogP contribution in [0.2, 0.25) is 5.02 Å². The number of para-hydroxylation sites is 1. The smallest absolute Gasteiger partial charge is 0.250 e. The Morgan fingerprint density at radius 2 is 1.91 bits per heavy atom. The van der Waals surface area contributed by atoms with Crippen molar-refractivity contribution < 1.29 is 13.9 Å². The summed E-state index contributed by atoms with van der Waals surface area (Å²) in [5.41, 5.74) is 4.32. The minimum Gasteiger partial charge on any atom is -0.489 e. The molecule has 0 atom stereocenters. The van der Waals surface area contributed by atoms with Crippen molar-refractivity contribution in [3.63, 3.8) is 0 Å². The van der Waals surface area contributed by atoms with E-state index in [1.807, 2.05) is 30.3 Å². The molecule has 1 amide bonds. The molecule has 0 radical (unpaired) electrons. The van der Waals surface area contributed by atoms with Gasteiger partial charge in [-0.25, -0.2) is 9.82 Å². The average Bonchev–Trinajstić information content (AvgIpc) is 3.33. The average molecular weight is 497 g/mol. The van der Waals surface area contributed by atoms with Crippen molar-refractivity contribution in [3.8, 4) is 11.4 Å². The van der Waals surface area contributed by atoms with Crippen molar-refractivity contribution in [2.24, 2.45) is 5.10 Å². The topological polar surface area (TPSA) is 94.3 Å². The van der Waals surface area contributed by atoms with Gasteiger partial charge in [-0.3, -0.25) is 4.79 Å². The van der Waals surface area contributed by atoms with E-state index < -0.39 is 5.82 Å². The number of tetrazole rings is 1. The summed E-state index contributed by atoms with van der Waals surface area (Å²) in [6.07, 6.45) is 1.51. The molecule has 0 aliphatic rings. The molecule has 0 unspecified atom stereocenters. The number of nitrogens with one attached hydrogen (secondary N) is 1. The monoisotopic (exact) mass is 496 g/mol. The molecule has 11 heteroatoms. The van der Waals surface area contributed by atoms with E-state index in [4.69, 9.17) is 16.3 Å². The van der Waals surface area contributed by atoms with Gasteiger partial charge in [-0.1, -0.05) is 47.6 Å². The summed E-state index contributed by atoms with van der Waals surface area (Å²) in [6.45, 7) is 0.0141. The lowest BCUT2D eigenvalue weighted by atomic mass is 10.2. The predicted molar refractivity (Wildman–Crippen MR) is 128 cm³/mol. The highest BCUT2D eigenvalue weighted by atomic mass is 35.5. The van der Waals surface area contributed by atoms with Crippen LogP contribution in [0.1, 0.15) is 11.1 Å². The number of rotatable bonds is 9. The molecule has 1 aromatic heterocycles. The van der Waals surface area contributed by atoms with Crippen molar-refractivity contribution in [3.05, 3.63) is 94.8 Å². The van der Waals surface area contributed by atoms with Crippen LogP contribution in [0, 0.1) is 5.82 Å². The minimum absolute atomic E-state index is 0.0141. The minimum atomic E-state index is -0.415. The third-order valence-electron chi connectivity index (χ3n) is 4.50. The molecule has 1 N–H and O–H groups in total. The highest BCUT2D eigenvalue weighted by Gasteiger charge is 2.11. The molecule has 0 aliphatic carbocycles. The van der Waals surface area contributed by atoms with E-state index in [9.17, 15) is 9.18 Å². The number of halogens is 2. The largest absolute Gasteiger partial charge is 0.489 e. The summed E-state index contributed by atoms with van der Waals surface area (Å²) in [7, 11) is 0. The summed E-state index contributed by atoms with van der Waals surface area (Å²) in [5, 5.41) is 16.3. The second kappa shape index (κ2) is 11.4. The SMILES string of the molecule is O=C(CSc1nnnn1-c1ccccc1)NN=Cc1ccc(OCc2c(F)cccc2Cl)cc1. The summed E-state index contributed by atoms with van der Waals surface area (Å²) < 4.78 is 21.0. The van der Waals surface area contributed by atoms with Gasteiger partial charge in [0.15, 0.2) is 0 Å². The second-order valence-electron chi connectivity index (χ2n) is 6.85. The first-order valence-corrected chi connectivity index (χ1v) is 11.4. The number of hydrogen-bond acceptors (Lipinski definition) is 7. The number of carbonyl (C=O) groups excluding carboxylic acids is 1. The number of aromatic nitrogens is 4. The van der Waals surface area contributed by atoms with Gasteiger partial charge in [0.1, 0.15) is 18.2 Å². The summed E-state index contributed by atoms with van der Waals surface area (Å²) in [4.78, 5) is 12.1. The van der Waals surface area contributed by atoms with Gasteiger partial charge in [0.2, 0.25) is 5.16 Å². The molecule has 172 valence electrons. The Hall–Kier alpha value is -3.76. The standard InChI is InChI=1S/C23H18ClFN6O2S/c24-20-7-4-8-21(25)19(20)14-33-18-11-9-16(10-12-18)13-26-27-22(32)15-34-23-28-29-30-31(23)17-5-2-1-3-6-17/h1-13H,14-15H2,(H,27,32). The van der Waals surface area contributed by atoms with Crippen LogP contribution < -0.4 is 10.2 Å². The number of benzene rings is 3. The number of amides is 1. The fourth-order valence-electron chi connectivity index (χ4n) is 2.82. The number of ether oxygens (including phenoxy) is 1. The van der Waals surface area contributed by atoms with Crippen molar-refractivity contribution >= 4 is 35.5 Å². The predicted octanol–water partition coefficient (Wildman–Crippen LogP) is 4.28. The lowest BCUT2D eigenvalue weighted by Gasteiger charge is -2.08. The second-order valence-corrected chi connectivity index (χ2v) is 8.20. The molecular formula is C23H18ClFN6O2S. The van der Waals surface area contributed by atoms with Gasteiger partial charge in [0.25, 0.3) is 5.91 Å². The summed E-state index contributed by atoms with van der Waals surface area (Å²) in [6, 6.07) is 20.8. The maximum absolute atomic E-state index is 13.8. The van der Waals surface area contributed by atoms with Gasteiger partial charge in [-0.2, -0.15) is 9.78 Å². The van der Waals surface area contributed by atoms with E-state index in [1.165, 1.54) is 24.0 Å². The molecule has 0 aliphatic heterocycles.